The van der Waals surface area contributed by atoms with Crippen molar-refractivity contribution in [2.24, 2.45) is 11.7 Å². The maximum absolute atomic E-state index is 11.4. The maximum Gasteiger partial charge on any atom is 0.221 e. The van der Waals surface area contributed by atoms with Crippen LogP contribution in [-0.4, -0.2) is 29.2 Å². The summed E-state index contributed by atoms with van der Waals surface area (Å²) in [7, 11) is 0. The molecule has 1 aliphatic rings. The van der Waals surface area contributed by atoms with E-state index in [1.165, 1.54) is 0 Å². The number of hydrogen-bond donors (Lipinski definition) is 3. The Morgan fingerprint density at radius 2 is 2.20 bits per heavy atom. The third-order valence-electron chi connectivity index (χ3n) is 2.80. The summed E-state index contributed by atoms with van der Waals surface area (Å²) in [6.45, 7) is 4.24. The molecule has 4 heteroatoms. The van der Waals surface area contributed by atoms with E-state index in [4.69, 9.17) is 5.73 Å². The average molecular weight is 214 g/mol. The smallest absolute Gasteiger partial charge is 0.221 e. The number of aliphatic hydroxyl groups is 1. The van der Waals surface area contributed by atoms with Gasteiger partial charge in [-0.3, -0.25) is 4.79 Å². The van der Waals surface area contributed by atoms with E-state index >= 15 is 0 Å². The molecule has 15 heavy (non-hydrogen) atoms. The topological polar surface area (TPSA) is 75.4 Å². The number of nitrogens with one attached hydrogen (secondary N) is 1. The van der Waals surface area contributed by atoms with E-state index < -0.39 is 5.54 Å². The van der Waals surface area contributed by atoms with E-state index in [0.717, 1.165) is 19.3 Å². The third-order valence-corrected chi connectivity index (χ3v) is 2.80. The molecule has 0 bridgehead atoms. The molecular formula is C11H22N2O2. The van der Waals surface area contributed by atoms with E-state index in [2.05, 4.69) is 5.32 Å². The Labute approximate surface area is 91.2 Å². The maximum atomic E-state index is 11.4. The quantitative estimate of drug-likeness (QED) is 0.633. The Morgan fingerprint density at radius 3 is 2.67 bits per heavy atom. The van der Waals surface area contributed by atoms with Gasteiger partial charge in [-0.2, -0.15) is 0 Å². The Bertz CT molecular complexity index is 223. The highest BCUT2D eigenvalue weighted by Crippen LogP contribution is 2.24. The number of amides is 1. The molecule has 4 N–H and O–H groups in total. The van der Waals surface area contributed by atoms with Gasteiger partial charge in [-0.1, -0.05) is 6.42 Å². The second kappa shape index (κ2) is 4.94. The number of carbonyl (C=O) groups excluding carboxylic acids is 1. The highest BCUT2D eigenvalue weighted by molar-refractivity contribution is 5.77. The molecule has 0 aromatic rings. The number of carbonyl (C=O) groups is 1. The Kier molecular flexibility index (Phi) is 4.11. The minimum absolute atomic E-state index is 0.0263. The molecule has 0 spiro atoms. The van der Waals surface area contributed by atoms with Gasteiger partial charge in [-0.25, -0.2) is 0 Å². The summed E-state index contributed by atoms with van der Waals surface area (Å²) in [6.07, 6.45) is 3.02. The number of nitrogens with two attached hydrogens (primary N) is 1. The molecule has 0 aromatic carbocycles. The van der Waals surface area contributed by atoms with Crippen molar-refractivity contribution >= 4 is 5.91 Å². The van der Waals surface area contributed by atoms with Crippen LogP contribution in [0.15, 0.2) is 0 Å². The molecule has 1 saturated carbocycles. The summed E-state index contributed by atoms with van der Waals surface area (Å²) in [6, 6.07) is 0. The van der Waals surface area contributed by atoms with E-state index in [0.29, 0.717) is 13.0 Å². The van der Waals surface area contributed by atoms with Gasteiger partial charge in [0.2, 0.25) is 5.91 Å². The van der Waals surface area contributed by atoms with Crippen LogP contribution in [0, 0.1) is 5.92 Å². The first kappa shape index (κ1) is 12.5. The molecule has 0 aromatic heterocycles. The molecule has 1 fully saturated rings. The molecule has 4 nitrogen and oxygen atoms in total. The molecule has 0 saturated heterocycles. The monoisotopic (exact) mass is 214 g/mol. The average Bonchev–Trinajstić information content (AvgIpc) is 2.44. The van der Waals surface area contributed by atoms with Crippen molar-refractivity contribution < 1.29 is 9.90 Å². The minimum atomic E-state index is -0.460. The highest BCUT2D eigenvalue weighted by Gasteiger charge is 2.25. The van der Waals surface area contributed by atoms with Gasteiger partial charge in [0.1, 0.15) is 0 Å². The zero-order valence-corrected chi connectivity index (χ0v) is 9.62. The van der Waals surface area contributed by atoms with Gasteiger partial charge >= 0.3 is 0 Å². The molecule has 0 heterocycles. The Balaban J connectivity index is 2.22. The minimum Gasteiger partial charge on any atom is -0.393 e. The lowest BCUT2D eigenvalue weighted by atomic mass is 10.0. The van der Waals surface area contributed by atoms with Crippen LogP contribution in [0.4, 0.5) is 0 Å². The van der Waals surface area contributed by atoms with Crippen molar-refractivity contribution in [3.63, 3.8) is 0 Å². The zero-order valence-electron chi connectivity index (χ0n) is 9.62. The molecule has 1 aliphatic carbocycles. The van der Waals surface area contributed by atoms with Gasteiger partial charge in [-0.15, -0.1) is 0 Å². The van der Waals surface area contributed by atoms with Crippen molar-refractivity contribution in [3.8, 4) is 0 Å². The van der Waals surface area contributed by atoms with Crippen LogP contribution in [0.25, 0.3) is 0 Å². The second-order valence-electron chi connectivity index (χ2n) is 5.23. The summed E-state index contributed by atoms with van der Waals surface area (Å²) in [5, 5.41) is 12.4. The fourth-order valence-corrected chi connectivity index (χ4v) is 1.98. The first-order valence-electron chi connectivity index (χ1n) is 5.62. The van der Waals surface area contributed by atoms with E-state index in [1.807, 2.05) is 13.8 Å². The van der Waals surface area contributed by atoms with Gasteiger partial charge in [0.05, 0.1) is 6.10 Å². The highest BCUT2D eigenvalue weighted by atomic mass is 16.3. The van der Waals surface area contributed by atoms with Gasteiger partial charge in [-0.05, 0) is 26.7 Å². The van der Waals surface area contributed by atoms with Crippen LogP contribution in [0.3, 0.4) is 0 Å². The molecule has 88 valence electrons. The van der Waals surface area contributed by atoms with Crippen LogP contribution in [0.1, 0.15) is 39.5 Å². The molecule has 1 rings (SSSR count). The molecule has 1 amide bonds. The number of hydrogen-bond acceptors (Lipinski definition) is 3. The summed E-state index contributed by atoms with van der Waals surface area (Å²) in [5.74, 6) is 0.205. The molecule has 0 radical (unpaired) electrons. The third kappa shape index (κ3) is 4.62. The summed E-state index contributed by atoms with van der Waals surface area (Å²) >= 11 is 0. The molecule has 2 atom stereocenters. The summed E-state index contributed by atoms with van der Waals surface area (Å²) in [4.78, 5) is 11.4. The lowest BCUT2D eigenvalue weighted by Gasteiger charge is -2.19. The normalized spacial score (nSPS) is 26.7. The fraction of sp³-hybridized carbons (Fsp3) is 0.909. The first-order valence-corrected chi connectivity index (χ1v) is 5.62. The largest absolute Gasteiger partial charge is 0.393 e. The van der Waals surface area contributed by atoms with E-state index in [9.17, 15) is 9.90 Å². The van der Waals surface area contributed by atoms with Crippen LogP contribution >= 0.6 is 0 Å². The lowest BCUT2D eigenvalue weighted by molar-refractivity contribution is -0.122. The van der Waals surface area contributed by atoms with Crippen molar-refractivity contribution in [1.29, 1.82) is 0 Å². The van der Waals surface area contributed by atoms with Crippen molar-refractivity contribution in [2.75, 3.05) is 6.54 Å². The molecule has 2 unspecified atom stereocenters. The summed E-state index contributed by atoms with van der Waals surface area (Å²) < 4.78 is 0. The SMILES string of the molecule is CC(C)(N)CC(=O)NCC1CCCC1O. The van der Waals surface area contributed by atoms with Crippen LogP contribution < -0.4 is 11.1 Å². The van der Waals surface area contributed by atoms with Gasteiger partial charge in [0.25, 0.3) is 0 Å². The van der Waals surface area contributed by atoms with Crippen LogP contribution in [0.2, 0.25) is 0 Å². The standard InChI is InChI=1S/C11H22N2O2/c1-11(2,12)6-10(15)13-7-8-4-3-5-9(8)14/h8-9,14H,3-7,12H2,1-2H3,(H,13,15). The first-order chi connectivity index (χ1) is 6.88. The van der Waals surface area contributed by atoms with Gasteiger partial charge < -0.3 is 16.2 Å². The van der Waals surface area contributed by atoms with Crippen LogP contribution in [-0.2, 0) is 4.79 Å². The fourth-order valence-electron chi connectivity index (χ4n) is 1.98. The van der Waals surface area contributed by atoms with Crippen molar-refractivity contribution in [2.45, 2.75) is 51.2 Å². The van der Waals surface area contributed by atoms with Crippen molar-refractivity contribution in [3.05, 3.63) is 0 Å². The number of rotatable bonds is 4. The Hall–Kier alpha value is -0.610. The van der Waals surface area contributed by atoms with E-state index in [-0.39, 0.29) is 17.9 Å². The van der Waals surface area contributed by atoms with Gasteiger partial charge in [0.15, 0.2) is 0 Å². The summed E-state index contributed by atoms with van der Waals surface area (Å²) in [5.41, 5.74) is 5.28. The predicted molar refractivity (Wildman–Crippen MR) is 59.2 cm³/mol. The lowest BCUT2D eigenvalue weighted by Crippen LogP contribution is -2.41. The van der Waals surface area contributed by atoms with Crippen LogP contribution in [0.5, 0.6) is 0 Å². The zero-order chi connectivity index (χ0) is 11.5. The predicted octanol–water partition coefficient (Wildman–Crippen LogP) is 0.391. The van der Waals surface area contributed by atoms with Gasteiger partial charge in [0, 0.05) is 24.4 Å². The van der Waals surface area contributed by atoms with E-state index in [1.54, 1.807) is 0 Å². The molecule has 0 aliphatic heterocycles. The van der Waals surface area contributed by atoms with Crippen molar-refractivity contribution in [1.82, 2.24) is 5.32 Å². The number of aliphatic hydroxyl groups excluding tert-OH is 1. The molecular weight excluding hydrogens is 192 g/mol. The second-order valence-corrected chi connectivity index (χ2v) is 5.23. The Morgan fingerprint density at radius 1 is 1.53 bits per heavy atom.